The average Bonchev–Trinajstić information content (AvgIpc) is 3.22. The molecule has 12 heteroatoms. The molecule has 2 saturated carbocycles. The number of benzene rings is 1. The fourth-order valence-corrected chi connectivity index (χ4v) is 4.94. The van der Waals surface area contributed by atoms with E-state index in [0.717, 1.165) is 6.42 Å². The Kier molecular flexibility index (Phi) is 5.77. The summed E-state index contributed by atoms with van der Waals surface area (Å²) in [7, 11) is 0. The minimum absolute atomic E-state index is 0.00939. The van der Waals surface area contributed by atoms with Crippen LogP contribution < -0.4 is 5.32 Å². The lowest BCUT2D eigenvalue weighted by molar-refractivity contribution is -0.0629. The van der Waals surface area contributed by atoms with Crippen molar-refractivity contribution in [3.8, 4) is 0 Å². The van der Waals surface area contributed by atoms with Gasteiger partial charge in [-0.3, -0.25) is 0 Å². The number of aliphatic hydroxyl groups excluding tert-OH is 3. The zero-order chi connectivity index (χ0) is 29.8. The Balaban J connectivity index is 1.52. The topological polar surface area (TPSA) is 138 Å². The Hall–Kier alpha value is -2.38. The van der Waals surface area contributed by atoms with Crippen molar-refractivity contribution in [3.05, 3.63) is 35.1 Å². The molecule has 5 rings (SSSR count). The number of hydrogen-bond donors (Lipinski definition) is 4. The first-order valence-corrected chi connectivity index (χ1v) is 12.8. The molecular formula is C24H31FN6O4S. The van der Waals surface area contributed by atoms with E-state index in [0.29, 0.717) is 10.9 Å². The second-order valence-electron chi connectivity index (χ2n) is 8.82. The van der Waals surface area contributed by atoms with Crippen LogP contribution in [0.4, 0.5) is 10.2 Å². The van der Waals surface area contributed by atoms with Gasteiger partial charge in [-0.25, -0.2) is 19.0 Å². The molecule has 0 unspecified atom stereocenters. The summed E-state index contributed by atoms with van der Waals surface area (Å²) in [5.41, 5.74) is 0.0776. The predicted octanol–water partition coefficient (Wildman–Crippen LogP) is 2.18. The number of ether oxygens (including phenoxy) is 1. The smallest absolute Gasteiger partial charge is 0.191 e. The lowest BCUT2D eigenvalue weighted by Gasteiger charge is -2.17. The molecule has 0 radical (unpaired) electrons. The minimum Gasteiger partial charge on any atom is -0.394 e. The molecule has 0 amide bonds. The van der Waals surface area contributed by atoms with Crippen LogP contribution in [0, 0.1) is 12.7 Å². The second kappa shape index (κ2) is 10.5. The van der Waals surface area contributed by atoms with E-state index in [-0.39, 0.29) is 53.8 Å². The molecule has 36 heavy (non-hydrogen) atoms. The molecule has 3 aromatic rings. The first kappa shape index (κ1) is 19.7. The number of halogens is 1. The lowest BCUT2D eigenvalue weighted by Crippen LogP contribution is -2.33. The van der Waals surface area contributed by atoms with Gasteiger partial charge in [0.25, 0.3) is 0 Å². The Morgan fingerprint density at radius 1 is 1.33 bits per heavy atom. The third kappa shape index (κ3) is 4.92. The molecule has 2 aliphatic rings. The van der Waals surface area contributed by atoms with Crippen LogP contribution in [0.2, 0.25) is 0 Å². The van der Waals surface area contributed by atoms with Gasteiger partial charge in [-0.2, -0.15) is 0 Å². The molecule has 0 aliphatic heterocycles. The maximum absolute atomic E-state index is 14.7. The summed E-state index contributed by atoms with van der Waals surface area (Å²) >= 11 is 1.35. The van der Waals surface area contributed by atoms with E-state index in [1.54, 1.807) is 0 Å². The summed E-state index contributed by atoms with van der Waals surface area (Å²) < 4.78 is 63.3. The summed E-state index contributed by atoms with van der Waals surface area (Å²) in [5.74, 6) is -1.23. The van der Waals surface area contributed by atoms with E-state index in [2.05, 4.69) is 25.6 Å². The number of aliphatic hydroxyl groups is 3. The van der Waals surface area contributed by atoms with Crippen LogP contribution in [0.3, 0.4) is 0 Å². The van der Waals surface area contributed by atoms with Crippen LogP contribution in [0.5, 0.6) is 0 Å². The first-order valence-electron chi connectivity index (χ1n) is 14.3. The Morgan fingerprint density at radius 2 is 2.17 bits per heavy atom. The molecule has 10 nitrogen and oxygen atoms in total. The van der Waals surface area contributed by atoms with Gasteiger partial charge in [-0.05, 0) is 36.9 Å². The Morgan fingerprint density at radius 3 is 2.94 bits per heavy atom. The first-order chi connectivity index (χ1) is 19.4. The van der Waals surface area contributed by atoms with Gasteiger partial charge in [0.2, 0.25) is 0 Å². The van der Waals surface area contributed by atoms with E-state index in [4.69, 9.17) is 16.7 Å². The van der Waals surface area contributed by atoms with E-state index < -0.39 is 60.6 Å². The molecule has 4 N–H and O–H groups in total. The van der Waals surface area contributed by atoms with Crippen molar-refractivity contribution >= 4 is 28.7 Å². The molecule has 1 aromatic carbocycles. The van der Waals surface area contributed by atoms with Crippen LogP contribution in [-0.4, -0.2) is 83.6 Å². The van der Waals surface area contributed by atoms with Gasteiger partial charge in [0.1, 0.15) is 18.0 Å². The Labute approximate surface area is 219 Å². The van der Waals surface area contributed by atoms with E-state index >= 15 is 0 Å². The predicted molar refractivity (Wildman–Crippen MR) is 133 cm³/mol. The zero-order valence-corrected chi connectivity index (χ0v) is 20.6. The zero-order valence-electron chi connectivity index (χ0n) is 24.8. The van der Waals surface area contributed by atoms with Crippen LogP contribution in [0.15, 0.2) is 23.3 Å². The molecule has 6 atom stereocenters. The molecule has 0 spiro atoms. The van der Waals surface area contributed by atoms with Crippen LogP contribution in [-0.2, 0) is 4.74 Å². The van der Waals surface area contributed by atoms with Crippen LogP contribution in [0.1, 0.15) is 56.1 Å². The monoisotopic (exact) mass is 523 g/mol. The average molecular weight is 524 g/mol. The molecule has 2 aliphatic carbocycles. The normalized spacial score (nSPS) is 31.0. The maximum atomic E-state index is 14.7. The van der Waals surface area contributed by atoms with Crippen LogP contribution >= 0.6 is 11.8 Å². The number of hydrogen-bond acceptors (Lipinski definition) is 10. The van der Waals surface area contributed by atoms with Gasteiger partial charge < -0.3 is 25.4 Å². The largest absolute Gasteiger partial charge is 0.394 e. The number of rotatable bonds is 10. The highest BCUT2D eigenvalue weighted by Gasteiger charge is 2.45. The minimum atomic E-state index is -1.99. The van der Waals surface area contributed by atoms with Gasteiger partial charge in [0.05, 0.1) is 29.5 Å². The second-order valence-corrected chi connectivity index (χ2v) is 9.88. The number of anilines is 1. The molecule has 194 valence electrons. The molecule has 2 aromatic heterocycles. The van der Waals surface area contributed by atoms with Gasteiger partial charge in [-0.1, -0.05) is 36.0 Å². The van der Waals surface area contributed by atoms with Crippen molar-refractivity contribution in [2.75, 3.05) is 24.3 Å². The highest BCUT2D eigenvalue weighted by molar-refractivity contribution is 7.99. The number of nitrogens with zero attached hydrogens (tertiary/aromatic N) is 5. The van der Waals surface area contributed by atoms with Gasteiger partial charge in [-0.15, -0.1) is 5.10 Å². The summed E-state index contributed by atoms with van der Waals surface area (Å²) in [5, 5.41) is 42.0. The third-order valence-corrected chi connectivity index (χ3v) is 7.27. The molecule has 0 bridgehead atoms. The summed E-state index contributed by atoms with van der Waals surface area (Å²) in [4.78, 5) is 9.10. The summed E-state index contributed by atoms with van der Waals surface area (Å²) in [6, 6.07) is -3.16. The van der Waals surface area contributed by atoms with Gasteiger partial charge >= 0.3 is 0 Å². The highest BCUT2D eigenvalue weighted by Crippen LogP contribution is 2.44. The van der Waals surface area contributed by atoms with E-state index in [9.17, 15) is 14.6 Å². The van der Waals surface area contributed by atoms with Crippen molar-refractivity contribution in [3.63, 3.8) is 0 Å². The van der Waals surface area contributed by atoms with Crippen LogP contribution in [0.25, 0.3) is 11.2 Å². The number of aromatic nitrogens is 5. The Bertz CT molecular complexity index is 1440. The van der Waals surface area contributed by atoms with E-state index in [1.165, 1.54) is 23.4 Å². The van der Waals surface area contributed by atoms with Crippen molar-refractivity contribution < 1.29 is 31.3 Å². The third-order valence-electron chi connectivity index (χ3n) is 6.22. The van der Waals surface area contributed by atoms with Crippen molar-refractivity contribution in [1.82, 2.24) is 25.0 Å². The fraction of sp³-hybridized carbons (Fsp3) is 0.583. The lowest BCUT2D eigenvalue weighted by atomic mass is 10.1. The highest BCUT2D eigenvalue weighted by atomic mass is 32.2. The van der Waals surface area contributed by atoms with E-state index in [1.807, 2.05) is 6.92 Å². The summed E-state index contributed by atoms with van der Waals surface area (Å²) in [6.45, 7) is 3.05. The standard InChI is InChI=1S/C24H31FN6O4S/c1-3-8-36-24-27-22(26-16-10-14(16)13-5-4-12(2)15(25)9-13)19-23(28-24)31(30-29-19)17-11-18(35-7-6-32)21(34)20(17)33/h4-5,9,14,16-18,20-21,32-34H,3,6-8,10-11H2,1-2H3,(H,26,27,28)/t14-,16+,17+,18-,20-,21+/m0/s1/i4D,5D,9D,10D2. The summed E-state index contributed by atoms with van der Waals surface area (Å²) in [6.07, 6.45) is -4.23. The number of fused-ring (bicyclic) bond motifs is 1. The molecule has 2 heterocycles. The number of nitrogens with one attached hydrogen (secondary N) is 1. The van der Waals surface area contributed by atoms with Crippen molar-refractivity contribution in [2.24, 2.45) is 0 Å². The molecule has 0 saturated heterocycles. The van der Waals surface area contributed by atoms with Gasteiger partial charge in [0.15, 0.2) is 22.1 Å². The van der Waals surface area contributed by atoms with Crippen molar-refractivity contribution in [1.29, 1.82) is 0 Å². The molecular weight excluding hydrogens is 487 g/mol. The quantitative estimate of drug-likeness (QED) is 0.231. The van der Waals surface area contributed by atoms with Crippen molar-refractivity contribution in [2.45, 2.75) is 74.5 Å². The maximum Gasteiger partial charge on any atom is 0.191 e. The number of thioether (sulfide) groups is 1. The molecule has 2 fully saturated rings. The fourth-order valence-electron chi connectivity index (χ4n) is 4.25. The van der Waals surface area contributed by atoms with Gasteiger partial charge in [0, 0.05) is 26.9 Å². The SMILES string of the molecule is [2H]c1c([2H])c([C@H]2[C@H](Nc3nc(SCCC)nc4c3nnn4[C@@H]3C[C@H](OCCO)[C@@H](O)[C@H]3O)C2([2H])[2H])c([2H])c(F)c1C.